The second-order valence-electron chi connectivity index (χ2n) is 6.40. The zero-order valence-corrected chi connectivity index (χ0v) is 14.0. The lowest BCUT2D eigenvalue weighted by atomic mass is 9.96. The number of rotatable bonds is 4. The fourth-order valence-corrected chi connectivity index (χ4v) is 3.41. The summed E-state index contributed by atoms with van der Waals surface area (Å²) in [6.45, 7) is 4.65. The van der Waals surface area contributed by atoms with Gasteiger partial charge in [0.05, 0.1) is 30.7 Å². The number of aromatic nitrogens is 3. The molecule has 8 heteroatoms. The van der Waals surface area contributed by atoms with Crippen molar-refractivity contribution in [1.82, 2.24) is 24.8 Å². The molecule has 2 aromatic rings. The third kappa shape index (κ3) is 3.14. The van der Waals surface area contributed by atoms with Crippen molar-refractivity contribution in [2.45, 2.75) is 19.3 Å². The maximum absolute atomic E-state index is 12.5. The molecule has 0 aromatic carbocycles. The normalized spacial score (nSPS) is 18.3. The maximum atomic E-state index is 12.5. The number of nitrogens with one attached hydrogen (secondary N) is 1. The lowest BCUT2D eigenvalue weighted by Crippen LogP contribution is -2.41. The van der Waals surface area contributed by atoms with Crippen LogP contribution in [0.1, 0.15) is 39.3 Å². The Hall–Kier alpha value is -2.32. The molecule has 0 radical (unpaired) electrons. The summed E-state index contributed by atoms with van der Waals surface area (Å²) >= 11 is 0. The van der Waals surface area contributed by atoms with Crippen molar-refractivity contribution < 1.29 is 14.3 Å². The summed E-state index contributed by atoms with van der Waals surface area (Å²) in [6, 6.07) is 0. The summed E-state index contributed by atoms with van der Waals surface area (Å²) in [5, 5.41) is 7.23. The fraction of sp³-hybridized carbons (Fsp3) is 0.529. The second-order valence-corrected chi connectivity index (χ2v) is 6.40. The highest BCUT2D eigenvalue weighted by atomic mass is 16.5. The minimum Gasteiger partial charge on any atom is -0.379 e. The molecule has 0 bridgehead atoms. The van der Waals surface area contributed by atoms with Crippen LogP contribution in [0.15, 0.2) is 12.4 Å². The largest absolute Gasteiger partial charge is 0.379 e. The van der Waals surface area contributed by atoms with Gasteiger partial charge in [0.1, 0.15) is 5.56 Å². The quantitative estimate of drug-likeness (QED) is 0.859. The first-order valence-electron chi connectivity index (χ1n) is 8.71. The monoisotopic (exact) mass is 343 g/mol. The molecule has 1 aliphatic carbocycles. The minimum absolute atomic E-state index is 0.0997. The molecule has 0 unspecified atom stereocenters. The molecule has 3 heterocycles. The van der Waals surface area contributed by atoms with Crippen LogP contribution in [0.5, 0.6) is 0 Å². The van der Waals surface area contributed by atoms with E-state index in [-0.39, 0.29) is 11.7 Å². The van der Waals surface area contributed by atoms with Gasteiger partial charge < -0.3 is 10.1 Å². The molecule has 1 N–H and O–H groups in total. The predicted molar refractivity (Wildman–Crippen MR) is 89.8 cm³/mol. The molecule has 0 atom stereocenters. The molecule has 0 saturated carbocycles. The van der Waals surface area contributed by atoms with Crippen molar-refractivity contribution in [3.63, 3.8) is 0 Å². The van der Waals surface area contributed by atoms with Gasteiger partial charge in [-0.05, 0) is 12.8 Å². The summed E-state index contributed by atoms with van der Waals surface area (Å²) in [4.78, 5) is 31.0. The molecule has 4 rings (SSSR count). The Labute approximate surface area is 145 Å². The molecular formula is C17H21N5O3. The summed E-state index contributed by atoms with van der Waals surface area (Å²) < 4.78 is 6.96. The van der Waals surface area contributed by atoms with E-state index >= 15 is 0 Å². The third-order valence-electron chi connectivity index (χ3n) is 4.81. The van der Waals surface area contributed by atoms with Crippen molar-refractivity contribution in [1.29, 1.82) is 0 Å². The molecule has 0 spiro atoms. The average Bonchev–Trinajstić information content (AvgIpc) is 3.07. The second kappa shape index (κ2) is 6.89. The number of nitrogens with zero attached hydrogens (tertiary/aromatic N) is 4. The van der Waals surface area contributed by atoms with E-state index in [1.54, 1.807) is 10.7 Å². The van der Waals surface area contributed by atoms with Gasteiger partial charge in [-0.1, -0.05) is 0 Å². The van der Waals surface area contributed by atoms with E-state index in [1.807, 2.05) is 0 Å². The van der Waals surface area contributed by atoms with Crippen molar-refractivity contribution >= 4 is 17.3 Å². The lowest BCUT2D eigenvalue weighted by molar-refractivity contribution is 0.0383. The van der Waals surface area contributed by atoms with E-state index in [4.69, 9.17) is 4.74 Å². The van der Waals surface area contributed by atoms with E-state index in [9.17, 15) is 9.59 Å². The van der Waals surface area contributed by atoms with Crippen LogP contribution in [0, 0.1) is 0 Å². The Balaban J connectivity index is 1.47. The summed E-state index contributed by atoms with van der Waals surface area (Å²) in [5.41, 5.74) is 2.44. The van der Waals surface area contributed by atoms with Crippen molar-refractivity contribution in [2.75, 3.05) is 39.4 Å². The Morgan fingerprint density at radius 2 is 2.08 bits per heavy atom. The Kier molecular flexibility index (Phi) is 4.46. The van der Waals surface area contributed by atoms with E-state index in [0.717, 1.165) is 51.4 Å². The maximum Gasteiger partial charge on any atom is 0.256 e. The van der Waals surface area contributed by atoms with Crippen LogP contribution in [0.2, 0.25) is 0 Å². The number of Topliss-reactive ketones (excluding diaryl/α,β-unsaturated/α-hetero) is 1. The number of morpholine rings is 1. The highest BCUT2D eigenvalue weighted by molar-refractivity contribution is 6.01. The van der Waals surface area contributed by atoms with Crippen LogP contribution in [0.4, 0.5) is 0 Å². The molecule has 1 amide bonds. The summed E-state index contributed by atoms with van der Waals surface area (Å²) in [5.74, 6) is -0.0829. The number of hydrogen-bond donors (Lipinski definition) is 1. The van der Waals surface area contributed by atoms with Crippen LogP contribution in [-0.4, -0.2) is 70.6 Å². The molecule has 132 valence electrons. The standard InChI is InChI=1S/C17H21N5O3/c23-15-3-1-2-14-12(15)10-19-16-13(11-20-22(14)16)17(24)18-4-5-21-6-8-25-9-7-21/h10-11H,1-9H2,(H,18,24). The van der Waals surface area contributed by atoms with E-state index in [0.29, 0.717) is 29.7 Å². The lowest BCUT2D eigenvalue weighted by Gasteiger charge is -2.26. The van der Waals surface area contributed by atoms with Crippen molar-refractivity contribution in [2.24, 2.45) is 0 Å². The van der Waals surface area contributed by atoms with Gasteiger partial charge in [-0.2, -0.15) is 5.10 Å². The van der Waals surface area contributed by atoms with Crippen LogP contribution in [-0.2, 0) is 11.2 Å². The van der Waals surface area contributed by atoms with Gasteiger partial charge in [0, 0.05) is 38.8 Å². The number of aryl methyl sites for hydroxylation is 1. The highest BCUT2D eigenvalue weighted by Gasteiger charge is 2.23. The highest BCUT2D eigenvalue weighted by Crippen LogP contribution is 2.22. The van der Waals surface area contributed by atoms with Crippen molar-refractivity contribution in [3.05, 3.63) is 29.2 Å². The zero-order chi connectivity index (χ0) is 17.2. The summed E-state index contributed by atoms with van der Waals surface area (Å²) in [7, 11) is 0. The smallest absolute Gasteiger partial charge is 0.256 e. The number of amides is 1. The van der Waals surface area contributed by atoms with Gasteiger partial charge in [0.2, 0.25) is 0 Å². The number of fused-ring (bicyclic) bond motifs is 3. The van der Waals surface area contributed by atoms with Crippen LogP contribution >= 0.6 is 0 Å². The van der Waals surface area contributed by atoms with Crippen LogP contribution < -0.4 is 5.32 Å². The first-order valence-corrected chi connectivity index (χ1v) is 8.71. The molecule has 1 fully saturated rings. The number of carbonyl (C=O) groups excluding carboxylic acids is 2. The Bertz CT molecular complexity index is 810. The van der Waals surface area contributed by atoms with E-state index in [1.165, 1.54) is 6.20 Å². The average molecular weight is 343 g/mol. The molecule has 1 aliphatic heterocycles. The van der Waals surface area contributed by atoms with E-state index in [2.05, 4.69) is 20.3 Å². The SMILES string of the molecule is O=C1CCCc2c1cnc1c(C(=O)NCCN3CCOCC3)cnn21. The summed E-state index contributed by atoms with van der Waals surface area (Å²) in [6.07, 6.45) is 5.26. The van der Waals surface area contributed by atoms with Gasteiger partial charge in [0.15, 0.2) is 11.4 Å². The zero-order valence-electron chi connectivity index (χ0n) is 14.0. The minimum atomic E-state index is -0.183. The first kappa shape index (κ1) is 16.2. The molecule has 2 aromatic heterocycles. The molecular weight excluding hydrogens is 322 g/mol. The number of carbonyl (C=O) groups is 2. The van der Waals surface area contributed by atoms with Crippen molar-refractivity contribution in [3.8, 4) is 0 Å². The Morgan fingerprint density at radius 3 is 2.92 bits per heavy atom. The van der Waals surface area contributed by atoms with E-state index < -0.39 is 0 Å². The first-order chi connectivity index (χ1) is 12.2. The molecule has 2 aliphatic rings. The van der Waals surface area contributed by atoms with Gasteiger partial charge in [0.25, 0.3) is 5.91 Å². The van der Waals surface area contributed by atoms with Gasteiger partial charge >= 0.3 is 0 Å². The van der Waals surface area contributed by atoms with Crippen LogP contribution in [0.25, 0.3) is 5.65 Å². The molecule has 1 saturated heterocycles. The topological polar surface area (TPSA) is 88.8 Å². The third-order valence-corrected chi connectivity index (χ3v) is 4.81. The van der Waals surface area contributed by atoms with Gasteiger partial charge in [-0.25, -0.2) is 9.50 Å². The number of ether oxygens (including phenoxy) is 1. The molecule has 25 heavy (non-hydrogen) atoms. The Morgan fingerprint density at radius 1 is 1.24 bits per heavy atom. The fourth-order valence-electron chi connectivity index (χ4n) is 3.41. The number of hydrogen-bond acceptors (Lipinski definition) is 6. The number of ketones is 1. The van der Waals surface area contributed by atoms with Gasteiger partial charge in [-0.3, -0.25) is 14.5 Å². The van der Waals surface area contributed by atoms with Crippen LogP contribution in [0.3, 0.4) is 0 Å². The molecule has 8 nitrogen and oxygen atoms in total. The van der Waals surface area contributed by atoms with Gasteiger partial charge in [-0.15, -0.1) is 0 Å². The predicted octanol–water partition coefficient (Wildman–Crippen LogP) is 0.310.